The fraction of sp³-hybridized carbons (Fsp3) is 0.632. The fourth-order valence-corrected chi connectivity index (χ4v) is 4.48. The van der Waals surface area contributed by atoms with E-state index in [0.717, 1.165) is 31.7 Å². The normalized spacial score (nSPS) is 31.1. The van der Waals surface area contributed by atoms with Gasteiger partial charge in [-0.3, -0.25) is 9.69 Å². The molecule has 1 N–H and O–H groups in total. The summed E-state index contributed by atoms with van der Waals surface area (Å²) in [6.45, 7) is 3.66. The van der Waals surface area contributed by atoms with Gasteiger partial charge in [-0.15, -0.1) is 0 Å². The Morgan fingerprint density at radius 2 is 1.93 bits per heavy atom. The number of halogens is 2. The number of nitrogens with one attached hydrogen (secondary N) is 1. The number of hydrogen-bond donors (Lipinski definition) is 1. The van der Waals surface area contributed by atoms with Crippen LogP contribution >= 0.6 is 0 Å². The van der Waals surface area contributed by atoms with Crippen molar-refractivity contribution < 1.29 is 18.0 Å². The molecule has 0 bridgehead atoms. The van der Waals surface area contributed by atoms with Crippen molar-refractivity contribution in [2.75, 3.05) is 50.7 Å². The molecule has 0 spiro atoms. The monoisotopic (exact) mass is 406 g/mol. The maximum Gasteiger partial charge on any atom is 0.299 e. The minimum absolute atomic E-state index is 0.138. The van der Waals surface area contributed by atoms with Gasteiger partial charge in [0.05, 0.1) is 19.1 Å². The van der Waals surface area contributed by atoms with Gasteiger partial charge in [0, 0.05) is 45.0 Å². The summed E-state index contributed by atoms with van der Waals surface area (Å²) >= 11 is 0. The first kappa shape index (κ1) is 18.7. The summed E-state index contributed by atoms with van der Waals surface area (Å²) < 4.78 is 32.6. The summed E-state index contributed by atoms with van der Waals surface area (Å²) in [5, 5.41) is 3.24. The molecule has 156 valence electrons. The number of hydrogen-bond acceptors (Lipinski definition) is 7. The summed E-state index contributed by atoms with van der Waals surface area (Å²) in [5.74, 6) is -0.187. The van der Waals surface area contributed by atoms with Crippen molar-refractivity contribution in [1.29, 1.82) is 0 Å². The third kappa shape index (κ3) is 3.55. The molecule has 5 heterocycles. The molecule has 2 unspecified atom stereocenters. The number of amides is 1. The summed E-state index contributed by atoms with van der Waals surface area (Å²) in [6, 6.07) is 4.18. The van der Waals surface area contributed by atoms with Crippen LogP contribution in [0, 0.1) is 0 Å². The van der Waals surface area contributed by atoms with Gasteiger partial charge in [-0.25, -0.2) is 13.8 Å². The largest absolute Gasteiger partial charge is 0.404 e. The fourth-order valence-electron chi connectivity index (χ4n) is 4.48. The first-order chi connectivity index (χ1) is 14.1. The van der Waals surface area contributed by atoms with Crippen molar-refractivity contribution >= 4 is 23.2 Å². The number of aromatic nitrogens is 2. The second kappa shape index (κ2) is 7.49. The molecule has 4 atom stereocenters. The number of piperazine rings is 1. The number of rotatable bonds is 3. The van der Waals surface area contributed by atoms with Gasteiger partial charge in [0.25, 0.3) is 6.01 Å². The molecule has 0 radical (unpaired) electrons. The zero-order valence-electron chi connectivity index (χ0n) is 16.0. The first-order valence-electron chi connectivity index (χ1n) is 10.1. The van der Waals surface area contributed by atoms with Crippen LogP contribution in [0.4, 0.5) is 14.8 Å². The third-order valence-corrected chi connectivity index (χ3v) is 6.16. The van der Waals surface area contributed by atoms with E-state index in [1.165, 1.54) is 4.90 Å². The van der Waals surface area contributed by atoms with E-state index in [2.05, 4.69) is 25.1 Å². The molecule has 3 fully saturated rings. The molecule has 2 aromatic heterocycles. The number of pyridine rings is 1. The Morgan fingerprint density at radius 3 is 2.66 bits per heavy atom. The minimum atomic E-state index is -1.56. The van der Waals surface area contributed by atoms with Crippen LogP contribution in [0.2, 0.25) is 0 Å². The molecule has 3 aliphatic rings. The molecule has 1 amide bonds. The molecule has 0 aromatic carbocycles. The van der Waals surface area contributed by atoms with Crippen LogP contribution in [0.15, 0.2) is 22.7 Å². The Kier molecular flexibility index (Phi) is 4.83. The van der Waals surface area contributed by atoms with Crippen LogP contribution in [-0.2, 0) is 4.79 Å². The maximum atomic E-state index is 13.4. The van der Waals surface area contributed by atoms with Crippen molar-refractivity contribution in [2.45, 2.75) is 30.8 Å². The van der Waals surface area contributed by atoms with E-state index in [4.69, 9.17) is 4.42 Å². The van der Waals surface area contributed by atoms with Gasteiger partial charge in [-0.1, -0.05) is 0 Å². The van der Waals surface area contributed by atoms with Crippen LogP contribution in [0.3, 0.4) is 0 Å². The Balaban J connectivity index is 1.15. The van der Waals surface area contributed by atoms with E-state index in [0.29, 0.717) is 24.7 Å². The number of alkyl halides is 2. The highest BCUT2D eigenvalue weighted by Gasteiger charge is 2.41. The van der Waals surface area contributed by atoms with Crippen LogP contribution in [0.1, 0.15) is 6.42 Å². The molecular formula is C19H24F2N6O2. The molecule has 5 rings (SSSR count). The Hall–Kier alpha value is -2.33. The number of anilines is 1. The Labute approximate surface area is 166 Å². The van der Waals surface area contributed by atoms with E-state index in [-0.39, 0.29) is 31.1 Å². The summed E-state index contributed by atoms with van der Waals surface area (Å²) in [4.78, 5) is 27.0. The van der Waals surface area contributed by atoms with Crippen molar-refractivity contribution in [3.8, 4) is 0 Å². The zero-order chi connectivity index (χ0) is 20.0. The molecule has 10 heteroatoms. The predicted octanol–water partition coefficient (Wildman–Crippen LogP) is 0.594. The summed E-state index contributed by atoms with van der Waals surface area (Å²) in [5.41, 5.74) is 1.29. The lowest BCUT2D eigenvalue weighted by Gasteiger charge is -2.37. The number of carbonyl (C=O) groups is 1. The number of likely N-dealkylation sites (tertiary alicyclic amines) is 1. The highest BCUT2D eigenvalue weighted by atomic mass is 19.2. The van der Waals surface area contributed by atoms with Gasteiger partial charge in [0.1, 0.15) is 5.52 Å². The van der Waals surface area contributed by atoms with Crippen molar-refractivity contribution in [3.63, 3.8) is 0 Å². The Bertz CT molecular complexity index is 843. The van der Waals surface area contributed by atoms with Crippen LogP contribution < -0.4 is 10.2 Å². The van der Waals surface area contributed by atoms with E-state index in [9.17, 15) is 13.6 Å². The standard InChI is InChI=1S/C19H24F2N6O2/c20-13-10-27(11-14(13)21)18(28)16-8-12(9-23-16)25-4-6-26(7-5-25)19-24-15-2-1-3-22-17(15)29-19/h1-3,12-14,16,23H,4-11H2/t12-,13?,14?,16-/m0/s1. The molecular weight excluding hydrogens is 382 g/mol. The lowest BCUT2D eigenvalue weighted by atomic mass is 10.1. The van der Waals surface area contributed by atoms with Crippen LogP contribution in [0.25, 0.3) is 11.2 Å². The lowest BCUT2D eigenvalue weighted by molar-refractivity contribution is -0.132. The highest BCUT2D eigenvalue weighted by molar-refractivity contribution is 5.82. The molecule has 8 nitrogen and oxygen atoms in total. The minimum Gasteiger partial charge on any atom is -0.404 e. The van der Waals surface area contributed by atoms with Gasteiger partial charge in [0.2, 0.25) is 11.6 Å². The second-order valence-electron chi connectivity index (χ2n) is 7.97. The van der Waals surface area contributed by atoms with E-state index < -0.39 is 12.3 Å². The first-order valence-corrected chi connectivity index (χ1v) is 10.1. The van der Waals surface area contributed by atoms with E-state index >= 15 is 0 Å². The summed E-state index contributed by atoms with van der Waals surface area (Å²) in [6.07, 6.45) is -0.780. The molecule has 0 saturated carbocycles. The summed E-state index contributed by atoms with van der Waals surface area (Å²) in [7, 11) is 0. The quantitative estimate of drug-likeness (QED) is 0.800. The van der Waals surface area contributed by atoms with Crippen molar-refractivity contribution in [2.24, 2.45) is 0 Å². The van der Waals surface area contributed by atoms with Gasteiger partial charge in [-0.05, 0) is 18.6 Å². The van der Waals surface area contributed by atoms with Crippen molar-refractivity contribution in [3.05, 3.63) is 18.3 Å². The SMILES string of the molecule is O=C([C@@H]1C[C@H](N2CCN(c3nc4cccnc4o3)CC2)CN1)N1CC(F)C(F)C1. The van der Waals surface area contributed by atoms with Crippen LogP contribution in [-0.4, -0.2) is 95.9 Å². The van der Waals surface area contributed by atoms with Crippen molar-refractivity contribution in [1.82, 2.24) is 25.1 Å². The van der Waals surface area contributed by atoms with Gasteiger partial charge in [-0.2, -0.15) is 4.98 Å². The van der Waals surface area contributed by atoms with Crippen LogP contribution in [0.5, 0.6) is 0 Å². The predicted molar refractivity (Wildman–Crippen MR) is 102 cm³/mol. The number of oxazole rings is 1. The highest BCUT2D eigenvalue weighted by Crippen LogP contribution is 2.24. The van der Waals surface area contributed by atoms with Gasteiger partial charge < -0.3 is 19.5 Å². The molecule has 3 saturated heterocycles. The van der Waals surface area contributed by atoms with Gasteiger partial charge in [0.15, 0.2) is 12.3 Å². The molecule has 3 aliphatic heterocycles. The zero-order valence-corrected chi connectivity index (χ0v) is 16.0. The van der Waals surface area contributed by atoms with Gasteiger partial charge >= 0.3 is 0 Å². The molecule has 29 heavy (non-hydrogen) atoms. The molecule has 2 aromatic rings. The molecule has 0 aliphatic carbocycles. The number of fused-ring (bicyclic) bond motifs is 1. The topological polar surface area (TPSA) is 77.7 Å². The van der Waals surface area contributed by atoms with E-state index in [1.54, 1.807) is 6.20 Å². The average molecular weight is 406 g/mol. The number of carbonyl (C=O) groups excluding carboxylic acids is 1. The third-order valence-electron chi connectivity index (χ3n) is 6.16. The Morgan fingerprint density at radius 1 is 1.17 bits per heavy atom. The second-order valence-corrected chi connectivity index (χ2v) is 7.97. The number of nitrogens with zero attached hydrogens (tertiary/aromatic N) is 5. The lowest BCUT2D eigenvalue weighted by Crippen LogP contribution is -2.51. The van der Waals surface area contributed by atoms with E-state index in [1.807, 2.05) is 12.1 Å². The maximum absolute atomic E-state index is 13.4. The average Bonchev–Trinajstić information content (AvgIpc) is 3.46. The smallest absolute Gasteiger partial charge is 0.299 e.